The van der Waals surface area contributed by atoms with Crippen LogP contribution in [0.25, 0.3) is 0 Å². The van der Waals surface area contributed by atoms with E-state index in [0.29, 0.717) is 6.42 Å². The third kappa shape index (κ3) is 5.82. The van der Waals surface area contributed by atoms with Crippen molar-refractivity contribution in [1.29, 1.82) is 0 Å². The summed E-state index contributed by atoms with van der Waals surface area (Å²) in [6.45, 7) is 6.94. The molecule has 0 unspecified atom stereocenters. The lowest BCUT2D eigenvalue weighted by molar-refractivity contribution is -0.116. The molecule has 1 amide bonds. The summed E-state index contributed by atoms with van der Waals surface area (Å²) < 4.78 is 8.00. The molecular formula is C21H30N4O2. The summed E-state index contributed by atoms with van der Waals surface area (Å²) in [5.41, 5.74) is 2.95. The van der Waals surface area contributed by atoms with Gasteiger partial charge in [-0.1, -0.05) is 0 Å². The summed E-state index contributed by atoms with van der Waals surface area (Å²) in [4.78, 5) is 14.5. The number of piperidine rings is 1. The number of aromatic nitrogens is 2. The van der Waals surface area contributed by atoms with Crippen molar-refractivity contribution in [3.63, 3.8) is 0 Å². The maximum absolute atomic E-state index is 12.1. The number of hydrogen-bond donors (Lipinski definition) is 1. The number of amides is 1. The van der Waals surface area contributed by atoms with Crippen LogP contribution in [0.4, 0.5) is 5.69 Å². The highest BCUT2D eigenvalue weighted by atomic mass is 16.5. The second kappa shape index (κ2) is 9.04. The van der Waals surface area contributed by atoms with Gasteiger partial charge in [-0.25, -0.2) is 0 Å². The van der Waals surface area contributed by atoms with Gasteiger partial charge in [-0.3, -0.25) is 9.48 Å². The molecule has 0 radical (unpaired) electrons. The number of likely N-dealkylation sites (tertiary alicyclic amines) is 1. The largest absolute Gasteiger partial charge is 0.490 e. The molecule has 1 fully saturated rings. The Balaban J connectivity index is 1.41. The first-order chi connectivity index (χ1) is 13.0. The monoisotopic (exact) mass is 370 g/mol. The number of anilines is 1. The first-order valence-electron chi connectivity index (χ1n) is 9.76. The third-order valence-corrected chi connectivity index (χ3v) is 4.98. The molecule has 146 valence electrons. The van der Waals surface area contributed by atoms with E-state index >= 15 is 0 Å². The molecule has 6 nitrogen and oxygen atoms in total. The van der Waals surface area contributed by atoms with Gasteiger partial charge in [0.05, 0.1) is 5.69 Å². The highest BCUT2D eigenvalue weighted by Crippen LogP contribution is 2.21. The van der Waals surface area contributed by atoms with Crippen molar-refractivity contribution in [1.82, 2.24) is 14.7 Å². The molecule has 3 rings (SSSR count). The summed E-state index contributed by atoms with van der Waals surface area (Å²) in [5.74, 6) is 0.896. The fourth-order valence-electron chi connectivity index (χ4n) is 3.43. The Hall–Kier alpha value is -2.34. The highest BCUT2D eigenvalue weighted by molar-refractivity contribution is 5.90. The number of carbonyl (C=O) groups excluding carboxylic acids is 1. The minimum absolute atomic E-state index is 0.0283. The molecule has 0 bridgehead atoms. The minimum atomic E-state index is 0.0283. The van der Waals surface area contributed by atoms with Crippen LogP contribution >= 0.6 is 0 Å². The number of ether oxygens (including phenoxy) is 1. The topological polar surface area (TPSA) is 59.4 Å². The van der Waals surface area contributed by atoms with E-state index in [-0.39, 0.29) is 12.0 Å². The van der Waals surface area contributed by atoms with Crippen LogP contribution in [0.15, 0.2) is 30.3 Å². The Morgan fingerprint density at radius 2 is 1.93 bits per heavy atom. The Bertz CT molecular complexity index is 746. The first-order valence-corrected chi connectivity index (χ1v) is 9.76. The SMILES string of the molecule is Cc1cc(C)n(CCCC(=O)Nc2ccc(OC3CCN(C)CC3)cc2)n1. The summed E-state index contributed by atoms with van der Waals surface area (Å²) in [6.07, 6.45) is 3.65. The molecule has 2 heterocycles. The quantitative estimate of drug-likeness (QED) is 0.812. The molecule has 0 atom stereocenters. The van der Waals surface area contributed by atoms with Crippen molar-refractivity contribution in [3.8, 4) is 5.75 Å². The molecule has 1 aliphatic rings. The summed E-state index contributed by atoms with van der Waals surface area (Å²) in [6, 6.07) is 9.73. The zero-order chi connectivity index (χ0) is 19.2. The predicted molar refractivity (Wildman–Crippen MR) is 107 cm³/mol. The van der Waals surface area contributed by atoms with Crippen LogP contribution in [0.1, 0.15) is 37.1 Å². The van der Waals surface area contributed by atoms with Gasteiger partial charge in [-0.2, -0.15) is 5.10 Å². The molecule has 0 aliphatic carbocycles. The molecule has 1 aromatic heterocycles. The predicted octanol–water partition coefficient (Wildman–Crippen LogP) is 3.39. The average Bonchev–Trinajstić information content (AvgIpc) is 2.96. The number of benzene rings is 1. The number of nitrogens with zero attached hydrogens (tertiary/aromatic N) is 3. The van der Waals surface area contributed by atoms with Gasteiger partial charge in [-0.15, -0.1) is 0 Å². The number of hydrogen-bond acceptors (Lipinski definition) is 4. The van der Waals surface area contributed by atoms with Crippen molar-refractivity contribution in [2.45, 2.75) is 52.2 Å². The van der Waals surface area contributed by atoms with E-state index in [1.807, 2.05) is 42.8 Å². The van der Waals surface area contributed by atoms with Crippen LogP contribution in [-0.2, 0) is 11.3 Å². The van der Waals surface area contributed by atoms with Crippen molar-refractivity contribution in [3.05, 3.63) is 41.7 Å². The summed E-state index contributed by atoms with van der Waals surface area (Å²) in [5, 5.41) is 7.38. The van der Waals surface area contributed by atoms with Crippen molar-refractivity contribution in [2.24, 2.45) is 0 Å². The lowest BCUT2D eigenvalue weighted by Crippen LogP contribution is -2.35. The maximum atomic E-state index is 12.1. The van der Waals surface area contributed by atoms with Gasteiger partial charge >= 0.3 is 0 Å². The van der Waals surface area contributed by atoms with Crippen LogP contribution < -0.4 is 10.1 Å². The number of aryl methyl sites for hydroxylation is 3. The van der Waals surface area contributed by atoms with Crippen LogP contribution in [0.2, 0.25) is 0 Å². The normalized spacial score (nSPS) is 15.7. The van der Waals surface area contributed by atoms with Crippen molar-refractivity contribution < 1.29 is 9.53 Å². The fraction of sp³-hybridized carbons (Fsp3) is 0.524. The highest BCUT2D eigenvalue weighted by Gasteiger charge is 2.17. The zero-order valence-corrected chi connectivity index (χ0v) is 16.6. The molecule has 1 saturated heterocycles. The Morgan fingerprint density at radius 1 is 1.22 bits per heavy atom. The molecule has 6 heteroatoms. The van der Waals surface area contributed by atoms with Crippen LogP contribution in [0.3, 0.4) is 0 Å². The van der Waals surface area contributed by atoms with Gasteiger partial charge in [0.2, 0.25) is 5.91 Å². The van der Waals surface area contributed by atoms with Crippen LogP contribution in [0.5, 0.6) is 5.75 Å². The van der Waals surface area contributed by atoms with E-state index in [1.165, 1.54) is 0 Å². The average molecular weight is 370 g/mol. The second-order valence-electron chi connectivity index (χ2n) is 7.45. The lowest BCUT2D eigenvalue weighted by Gasteiger charge is -2.29. The summed E-state index contributed by atoms with van der Waals surface area (Å²) in [7, 11) is 2.14. The van der Waals surface area contributed by atoms with Gasteiger partial charge in [0.15, 0.2) is 0 Å². The molecule has 1 aromatic carbocycles. The standard InChI is InChI=1S/C21H30N4O2/c1-16-15-17(2)25(23-16)12-4-5-21(26)22-18-6-8-19(9-7-18)27-20-10-13-24(3)14-11-20/h6-9,15,20H,4-5,10-14H2,1-3H3,(H,22,26). The smallest absolute Gasteiger partial charge is 0.224 e. The van der Waals surface area contributed by atoms with Gasteiger partial charge in [0, 0.05) is 37.4 Å². The molecule has 1 aliphatic heterocycles. The molecule has 27 heavy (non-hydrogen) atoms. The molecule has 1 N–H and O–H groups in total. The Morgan fingerprint density at radius 3 is 2.56 bits per heavy atom. The lowest BCUT2D eigenvalue weighted by atomic mass is 10.1. The van der Waals surface area contributed by atoms with Crippen molar-refractivity contribution in [2.75, 3.05) is 25.5 Å². The number of nitrogens with one attached hydrogen (secondary N) is 1. The number of carbonyl (C=O) groups is 1. The van der Waals surface area contributed by atoms with Gasteiger partial charge in [0.25, 0.3) is 0 Å². The van der Waals surface area contributed by atoms with Gasteiger partial charge < -0.3 is 15.0 Å². The van der Waals surface area contributed by atoms with E-state index in [0.717, 1.165) is 61.7 Å². The molecule has 0 saturated carbocycles. The van der Waals surface area contributed by atoms with E-state index in [2.05, 4.69) is 28.4 Å². The molecular weight excluding hydrogens is 340 g/mol. The van der Waals surface area contributed by atoms with Crippen LogP contribution in [0, 0.1) is 13.8 Å². The van der Waals surface area contributed by atoms with Gasteiger partial charge in [0.1, 0.15) is 11.9 Å². The zero-order valence-electron chi connectivity index (χ0n) is 16.6. The Labute approximate surface area is 161 Å². The summed E-state index contributed by atoms with van der Waals surface area (Å²) >= 11 is 0. The van der Waals surface area contributed by atoms with Gasteiger partial charge in [-0.05, 0) is 70.5 Å². The van der Waals surface area contributed by atoms with E-state index in [4.69, 9.17) is 4.74 Å². The fourth-order valence-corrected chi connectivity index (χ4v) is 3.43. The maximum Gasteiger partial charge on any atom is 0.224 e. The van der Waals surface area contributed by atoms with Crippen LogP contribution in [-0.4, -0.2) is 46.8 Å². The van der Waals surface area contributed by atoms with E-state index < -0.39 is 0 Å². The number of rotatable bonds is 7. The van der Waals surface area contributed by atoms with E-state index in [1.54, 1.807) is 0 Å². The third-order valence-electron chi connectivity index (χ3n) is 4.98. The van der Waals surface area contributed by atoms with Crippen molar-refractivity contribution >= 4 is 11.6 Å². The molecule has 0 spiro atoms. The first kappa shape index (κ1) is 19.4. The Kier molecular flexibility index (Phi) is 6.50. The minimum Gasteiger partial charge on any atom is -0.490 e. The van der Waals surface area contributed by atoms with E-state index in [9.17, 15) is 4.79 Å². The molecule has 2 aromatic rings. The second-order valence-corrected chi connectivity index (χ2v) is 7.45.